The summed E-state index contributed by atoms with van der Waals surface area (Å²) in [4.78, 5) is 19.7. The van der Waals surface area contributed by atoms with Crippen molar-refractivity contribution in [1.82, 2.24) is 15.3 Å². The maximum atomic E-state index is 13.4. The number of benzene rings is 3. The van der Waals surface area contributed by atoms with Crippen molar-refractivity contribution < 1.29 is 18.3 Å². The molecule has 0 bridgehead atoms. The van der Waals surface area contributed by atoms with Gasteiger partial charge in [0.25, 0.3) is 0 Å². The molecular formula is C30H27ClFN5O3. The maximum absolute atomic E-state index is 13.4. The highest BCUT2D eigenvalue weighted by Crippen LogP contribution is 2.32. The Morgan fingerprint density at radius 1 is 1.05 bits per heavy atom. The van der Waals surface area contributed by atoms with Gasteiger partial charge in [0.2, 0.25) is 5.91 Å². The SMILES string of the molecule is NC(=O)CCCNCc1ccc(-c2ccc3ncnc(Nc4ccc(OCc5cccc(F)c5)c(Cl)c4)c3c2)o1. The molecule has 0 saturated carbocycles. The minimum atomic E-state index is -0.315. The second-order valence-corrected chi connectivity index (χ2v) is 9.56. The molecule has 3 aromatic carbocycles. The lowest BCUT2D eigenvalue weighted by molar-refractivity contribution is -0.118. The number of anilines is 2. The number of aromatic nitrogens is 2. The largest absolute Gasteiger partial charge is 0.487 e. The first-order valence-corrected chi connectivity index (χ1v) is 13.1. The van der Waals surface area contributed by atoms with Crippen molar-refractivity contribution in [2.45, 2.75) is 26.0 Å². The van der Waals surface area contributed by atoms with Crippen LogP contribution in [0.4, 0.5) is 15.9 Å². The third-order valence-corrected chi connectivity index (χ3v) is 6.43. The maximum Gasteiger partial charge on any atom is 0.217 e. The molecule has 0 saturated heterocycles. The molecule has 2 heterocycles. The van der Waals surface area contributed by atoms with Gasteiger partial charge in [-0.3, -0.25) is 4.79 Å². The number of nitrogens with zero attached hydrogens (tertiary/aromatic N) is 2. The Bertz CT molecular complexity index is 1640. The predicted octanol–water partition coefficient (Wildman–Crippen LogP) is 6.36. The average molecular weight is 560 g/mol. The molecule has 40 heavy (non-hydrogen) atoms. The summed E-state index contributed by atoms with van der Waals surface area (Å²) in [6.07, 6.45) is 2.53. The first-order valence-electron chi connectivity index (χ1n) is 12.7. The van der Waals surface area contributed by atoms with E-state index in [-0.39, 0.29) is 18.3 Å². The fraction of sp³-hybridized carbons (Fsp3) is 0.167. The Morgan fingerprint density at radius 3 is 2.77 bits per heavy atom. The number of hydrogen-bond acceptors (Lipinski definition) is 7. The molecule has 4 N–H and O–H groups in total. The highest BCUT2D eigenvalue weighted by molar-refractivity contribution is 6.32. The molecule has 0 aliphatic carbocycles. The zero-order chi connectivity index (χ0) is 27.9. The van der Waals surface area contributed by atoms with E-state index in [1.165, 1.54) is 18.5 Å². The lowest BCUT2D eigenvalue weighted by atomic mass is 10.1. The first-order chi connectivity index (χ1) is 19.4. The Kier molecular flexibility index (Phi) is 8.53. The zero-order valence-corrected chi connectivity index (χ0v) is 22.2. The molecule has 5 rings (SSSR count). The summed E-state index contributed by atoms with van der Waals surface area (Å²) in [5, 5.41) is 7.78. The second kappa shape index (κ2) is 12.6. The fourth-order valence-corrected chi connectivity index (χ4v) is 4.39. The molecule has 0 aliphatic rings. The molecule has 0 atom stereocenters. The molecule has 0 spiro atoms. The minimum Gasteiger partial charge on any atom is -0.487 e. The molecule has 1 amide bonds. The van der Waals surface area contributed by atoms with Crippen molar-refractivity contribution in [3.05, 3.63) is 101 Å². The van der Waals surface area contributed by atoms with Gasteiger partial charge < -0.3 is 25.5 Å². The Balaban J connectivity index is 1.28. The monoisotopic (exact) mass is 559 g/mol. The molecule has 0 fully saturated rings. The molecule has 2 aromatic heterocycles. The van der Waals surface area contributed by atoms with Crippen LogP contribution in [0.2, 0.25) is 5.02 Å². The molecule has 0 radical (unpaired) electrons. The van der Waals surface area contributed by atoms with Gasteiger partial charge in [0.15, 0.2) is 0 Å². The standard InChI is InChI=1S/C30H27ClFN5O3/c31-25-15-22(7-10-28(25)39-17-19-3-1-4-21(32)13-19)37-30-24-14-20(6-9-26(24)35-18-36-30)27-11-8-23(40-27)16-34-12-2-5-29(33)38/h1,3-4,6-11,13-15,18,34H,2,5,12,16-17H2,(H2,33,38)(H,35,36,37). The molecule has 0 aliphatic heterocycles. The number of carbonyl (C=O) groups excluding carboxylic acids is 1. The number of hydrogen-bond donors (Lipinski definition) is 3. The van der Waals surface area contributed by atoms with E-state index < -0.39 is 0 Å². The number of carbonyl (C=O) groups is 1. The van der Waals surface area contributed by atoms with Crippen LogP contribution >= 0.6 is 11.6 Å². The van der Waals surface area contributed by atoms with Gasteiger partial charge in [-0.2, -0.15) is 0 Å². The number of primary amides is 1. The van der Waals surface area contributed by atoms with Crippen molar-refractivity contribution in [1.29, 1.82) is 0 Å². The number of fused-ring (bicyclic) bond motifs is 1. The van der Waals surface area contributed by atoms with Crippen molar-refractivity contribution in [3.63, 3.8) is 0 Å². The Labute approximate surface area is 235 Å². The van der Waals surface area contributed by atoms with Gasteiger partial charge in [0.05, 0.1) is 17.1 Å². The molecule has 204 valence electrons. The van der Waals surface area contributed by atoms with Crippen LogP contribution in [0, 0.1) is 5.82 Å². The summed E-state index contributed by atoms with van der Waals surface area (Å²) >= 11 is 6.48. The van der Waals surface area contributed by atoms with Crippen LogP contribution in [-0.4, -0.2) is 22.4 Å². The number of nitrogens with one attached hydrogen (secondary N) is 2. The fourth-order valence-electron chi connectivity index (χ4n) is 4.16. The molecule has 0 unspecified atom stereocenters. The smallest absolute Gasteiger partial charge is 0.217 e. The van der Waals surface area contributed by atoms with Gasteiger partial charge in [-0.05, 0) is 79.2 Å². The van der Waals surface area contributed by atoms with E-state index in [0.717, 1.165) is 27.9 Å². The first kappa shape index (κ1) is 27.1. The van der Waals surface area contributed by atoms with Gasteiger partial charge in [0, 0.05) is 23.1 Å². The Morgan fingerprint density at radius 2 is 1.95 bits per heavy atom. The van der Waals surface area contributed by atoms with Gasteiger partial charge in [-0.1, -0.05) is 23.7 Å². The normalized spacial score (nSPS) is 11.1. The number of furan rings is 1. The summed E-state index contributed by atoms with van der Waals surface area (Å²) in [5.41, 5.74) is 8.25. The van der Waals surface area contributed by atoms with E-state index in [4.69, 9.17) is 26.5 Å². The molecular weight excluding hydrogens is 533 g/mol. The van der Waals surface area contributed by atoms with Crippen molar-refractivity contribution in [2.24, 2.45) is 5.73 Å². The van der Waals surface area contributed by atoms with E-state index in [9.17, 15) is 9.18 Å². The average Bonchev–Trinajstić information content (AvgIpc) is 3.41. The number of ether oxygens (including phenoxy) is 1. The van der Waals surface area contributed by atoms with Gasteiger partial charge >= 0.3 is 0 Å². The topological polar surface area (TPSA) is 115 Å². The quantitative estimate of drug-likeness (QED) is 0.152. The highest BCUT2D eigenvalue weighted by Gasteiger charge is 2.11. The van der Waals surface area contributed by atoms with Gasteiger partial charge in [-0.25, -0.2) is 14.4 Å². The third-order valence-electron chi connectivity index (χ3n) is 6.14. The third kappa shape index (κ3) is 6.93. The van der Waals surface area contributed by atoms with E-state index in [0.29, 0.717) is 53.8 Å². The summed E-state index contributed by atoms with van der Waals surface area (Å²) < 4.78 is 25.2. The number of amides is 1. The lowest BCUT2D eigenvalue weighted by Crippen LogP contribution is -2.17. The van der Waals surface area contributed by atoms with Gasteiger partial charge in [-0.15, -0.1) is 0 Å². The van der Waals surface area contributed by atoms with E-state index in [2.05, 4.69) is 20.6 Å². The van der Waals surface area contributed by atoms with Crippen LogP contribution in [0.15, 0.2) is 83.5 Å². The van der Waals surface area contributed by atoms with Crippen LogP contribution in [0.25, 0.3) is 22.2 Å². The van der Waals surface area contributed by atoms with Crippen molar-refractivity contribution in [2.75, 3.05) is 11.9 Å². The molecule has 8 nitrogen and oxygen atoms in total. The highest BCUT2D eigenvalue weighted by atomic mass is 35.5. The van der Waals surface area contributed by atoms with E-state index in [1.54, 1.807) is 24.3 Å². The summed E-state index contributed by atoms with van der Waals surface area (Å²) in [5.74, 6) is 1.98. The summed E-state index contributed by atoms with van der Waals surface area (Å²) in [6, 6.07) is 21.2. The summed E-state index contributed by atoms with van der Waals surface area (Å²) in [6.45, 7) is 1.42. The van der Waals surface area contributed by atoms with E-state index >= 15 is 0 Å². The number of rotatable bonds is 12. The predicted molar refractivity (Wildman–Crippen MR) is 153 cm³/mol. The van der Waals surface area contributed by atoms with Gasteiger partial charge in [0.1, 0.15) is 41.8 Å². The van der Waals surface area contributed by atoms with Crippen molar-refractivity contribution >= 4 is 39.9 Å². The lowest BCUT2D eigenvalue weighted by Gasteiger charge is -2.12. The zero-order valence-electron chi connectivity index (χ0n) is 21.5. The molecule has 10 heteroatoms. The van der Waals surface area contributed by atoms with Crippen LogP contribution in [0.1, 0.15) is 24.2 Å². The van der Waals surface area contributed by atoms with Crippen LogP contribution < -0.4 is 21.1 Å². The Hall–Kier alpha value is -4.47. The van der Waals surface area contributed by atoms with Crippen LogP contribution in [0.5, 0.6) is 5.75 Å². The van der Waals surface area contributed by atoms with Crippen molar-refractivity contribution in [3.8, 4) is 17.1 Å². The van der Waals surface area contributed by atoms with Crippen LogP contribution in [-0.2, 0) is 17.9 Å². The summed E-state index contributed by atoms with van der Waals surface area (Å²) in [7, 11) is 0. The number of halogens is 2. The van der Waals surface area contributed by atoms with E-state index in [1.807, 2.05) is 36.4 Å². The minimum absolute atomic E-state index is 0.198. The van der Waals surface area contributed by atoms with Crippen LogP contribution in [0.3, 0.4) is 0 Å². The molecule has 5 aromatic rings. The number of nitrogens with two attached hydrogens (primary N) is 1. The second-order valence-electron chi connectivity index (χ2n) is 9.16.